The SMILES string of the molecule is O=C(NCC1NCCc2ccccc21)c1ccc(S(=O)(=O)N2CCCC2)cc1. The number of carbonyl (C=O) groups excluding carboxylic acids is 1. The van der Waals surface area contributed by atoms with E-state index >= 15 is 0 Å². The quantitative estimate of drug-likeness (QED) is 0.807. The molecule has 0 bridgehead atoms. The Morgan fingerprint density at radius 2 is 1.79 bits per heavy atom. The highest BCUT2D eigenvalue weighted by atomic mass is 32.2. The van der Waals surface area contributed by atoms with E-state index in [1.54, 1.807) is 12.1 Å². The first-order valence-electron chi connectivity index (χ1n) is 9.75. The van der Waals surface area contributed by atoms with Crippen molar-refractivity contribution in [3.05, 3.63) is 65.2 Å². The Morgan fingerprint density at radius 3 is 2.54 bits per heavy atom. The highest BCUT2D eigenvalue weighted by Crippen LogP contribution is 2.23. The minimum Gasteiger partial charge on any atom is -0.350 e. The van der Waals surface area contributed by atoms with Crippen LogP contribution in [0.25, 0.3) is 0 Å². The summed E-state index contributed by atoms with van der Waals surface area (Å²) in [6.07, 6.45) is 2.80. The molecule has 1 unspecified atom stereocenters. The summed E-state index contributed by atoms with van der Waals surface area (Å²) in [5.74, 6) is -0.199. The van der Waals surface area contributed by atoms with Crippen LogP contribution in [0.2, 0.25) is 0 Å². The first kappa shape index (κ1) is 19.1. The van der Waals surface area contributed by atoms with Crippen molar-refractivity contribution in [1.29, 1.82) is 0 Å². The normalized spacial score (nSPS) is 19.9. The fourth-order valence-corrected chi connectivity index (χ4v) is 5.44. The molecule has 2 aliphatic heterocycles. The van der Waals surface area contributed by atoms with E-state index in [9.17, 15) is 13.2 Å². The Morgan fingerprint density at radius 1 is 1.07 bits per heavy atom. The molecule has 28 heavy (non-hydrogen) atoms. The van der Waals surface area contributed by atoms with Gasteiger partial charge in [0.15, 0.2) is 0 Å². The van der Waals surface area contributed by atoms with Crippen LogP contribution in [0.1, 0.15) is 40.4 Å². The molecule has 7 heteroatoms. The molecule has 2 aliphatic rings. The zero-order valence-electron chi connectivity index (χ0n) is 15.7. The van der Waals surface area contributed by atoms with E-state index in [2.05, 4.69) is 22.8 Å². The molecule has 0 radical (unpaired) electrons. The lowest BCUT2D eigenvalue weighted by Gasteiger charge is -2.27. The lowest BCUT2D eigenvalue weighted by molar-refractivity contribution is 0.0949. The molecule has 148 valence electrons. The molecule has 6 nitrogen and oxygen atoms in total. The van der Waals surface area contributed by atoms with Crippen LogP contribution in [-0.2, 0) is 16.4 Å². The van der Waals surface area contributed by atoms with E-state index in [1.165, 1.54) is 27.6 Å². The Hall–Kier alpha value is -2.22. The fraction of sp³-hybridized carbons (Fsp3) is 0.381. The van der Waals surface area contributed by atoms with Crippen molar-refractivity contribution in [3.8, 4) is 0 Å². The summed E-state index contributed by atoms with van der Waals surface area (Å²) in [7, 11) is -3.45. The van der Waals surface area contributed by atoms with Gasteiger partial charge >= 0.3 is 0 Å². The third kappa shape index (κ3) is 3.83. The number of hydrogen-bond donors (Lipinski definition) is 2. The predicted octanol–water partition coefficient (Wildman–Crippen LogP) is 2.09. The van der Waals surface area contributed by atoms with Gasteiger partial charge in [0.05, 0.1) is 4.90 Å². The van der Waals surface area contributed by atoms with Crippen LogP contribution < -0.4 is 10.6 Å². The molecule has 1 saturated heterocycles. The van der Waals surface area contributed by atoms with Gasteiger partial charge in [0.1, 0.15) is 0 Å². The smallest absolute Gasteiger partial charge is 0.251 e. The van der Waals surface area contributed by atoms with Crippen molar-refractivity contribution >= 4 is 15.9 Å². The van der Waals surface area contributed by atoms with Crippen molar-refractivity contribution in [2.24, 2.45) is 0 Å². The van der Waals surface area contributed by atoms with Crippen LogP contribution in [0.4, 0.5) is 0 Å². The second-order valence-electron chi connectivity index (χ2n) is 7.30. The molecule has 2 N–H and O–H groups in total. The average Bonchev–Trinajstić information content (AvgIpc) is 3.28. The van der Waals surface area contributed by atoms with Crippen molar-refractivity contribution in [3.63, 3.8) is 0 Å². The first-order valence-corrected chi connectivity index (χ1v) is 11.2. The molecule has 4 rings (SSSR count). The number of nitrogens with zero attached hydrogens (tertiary/aromatic N) is 1. The Bertz CT molecular complexity index is 951. The lowest BCUT2D eigenvalue weighted by atomic mass is 9.94. The maximum absolute atomic E-state index is 12.6. The van der Waals surface area contributed by atoms with Gasteiger partial charge in [-0.3, -0.25) is 4.79 Å². The minimum absolute atomic E-state index is 0.0868. The number of carbonyl (C=O) groups is 1. The average molecular weight is 400 g/mol. The van der Waals surface area contributed by atoms with E-state index in [4.69, 9.17) is 0 Å². The number of amides is 1. The maximum Gasteiger partial charge on any atom is 0.251 e. The van der Waals surface area contributed by atoms with Crippen molar-refractivity contribution in [2.45, 2.75) is 30.2 Å². The Balaban J connectivity index is 1.41. The summed E-state index contributed by atoms with van der Waals surface area (Å²) >= 11 is 0. The monoisotopic (exact) mass is 399 g/mol. The summed E-state index contributed by atoms with van der Waals surface area (Å²) in [6, 6.07) is 14.6. The van der Waals surface area contributed by atoms with Crippen LogP contribution in [0, 0.1) is 0 Å². The first-order chi connectivity index (χ1) is 13.6. The van der Waals surface area contributed by atoms with Crippen LogP contribution >= 0.6 is 0 Å². The summed E-state index contributed by atoms with van der Waals surface area (Å²) in [6.45, 7) is 2.52. The number of hydrogen-bond acceptors (Lipinski definition) is 4. The van der Waals surface area contributed by atoms with Crippen molar-refractivity contribution in [1.82, 2.24) is 14.9 Å². The highest BCUT2D eigenvalue weighted by molar-refractivity contribution is 7.89. The molecule has 0 aliphatic carbocycles. The van der Waals surface area contributed by atoms with Gasteiger partial charge in [0, 0.05) is 31.2 Å². The van der Waals surface area contributed by atoms with Gasteiger partial charge in [-0.2, -0.15) is 4.31 Å². The van der Waals surface area contributed by atoms with Gasteiger partial charge in [-0.05, 0) is 61.2 Å². The topological polar surface area (TPSA) is 78.5 Å². The molecular weight excluding hydrogens is 374 g/mol. The van der Waals surface area contributed by atoms with Gasteiger partial charge in [-0.1, -0.05) is 24.3 Å². The standard InChI is InChI=1S/C21H25N3O3S/c25-21(23-15-20-19-6-2-1-5-16(19)11-12-22-20)17-7-9-18(10-8-17)28(26,27)24-13-3-4-14-24/h1-2,5-10,20,22H,3-4,11-15H2,(H,23,25). The zero-order chi connectivity index (χ0) is 19.6. The van der Waals surface area contributed by atoms with E-state index < -0.39 is 10.0 Å². The van der Waals surface area contributed by atoms with E-state index in [0.717, 1.165) is 25.8 Å². The third-order valence-electron chi connectivity index (χ3n) is 5.50. The molecule has 1 atom stereocenters. The molecule has 0 spiro atoms. The molecule has 1 amide bonds. The van der Waals surface area contributed by atoms with Crippen molar-refractivity contribution < 1.29 is 13.2 Å². The summed E-state index contributed by atoms with van der Waals surface area (Å²) in [5.41, 5.74) is 3.00. The van der Waals surface area contributed by atoms with E-state index in [1.807, 2.05) is 12.1 Å². The van der Waals surface area contributed by atoms with Gasteiger partial charge < -0.3 is 10.6 Å². The van der Waals surface area contributed by atoms with Gasteiger partial charge in [0.2, 0.25) is 10.0 Å². The largest absolute Gasteiger partial charge is 0.350 e. The second-order valence-corrected chi connectivity index (χ2v) is 9.24. The number of benzene rings is 2. The van der Waals surface area contributed by atoms with Crippen LogP contribution in [-0.4, -0.2) is 44.8 Å². The maximum atomic E-state index is 12.6. The number of sulfonamides is 1. The fourth-order valence-electron chi connectivity index (χ4n) is 3.93. The summed E-state index contributed by atoms with van der Waals surface area (Å²) in [5, 5.41) is 6.40. The van der Waals surface area contributed by atoms with Crippen LogP contribution in [0.5, 0.6) is 0 Å². The van der Waals surface area contributed by atoms with Gasteiger partial charge in [-0.15, -0.1) is 0 Å². The molecular formula is C21H25N3O3S. The molecule has 2 aromatic rings. The number of fused-ring (bicyclic) bond motifs is 1. The lowest BCUT2D eigenvalue weighted by Crippen LogP contribution is -2.38. The third-order valence-corrected chi connectivity index (χ3v) is 7.41. The van der Waals surface area contributed by atoms with Crippen molar-refractivity contribution in [2.75, 3.05) is 26.2 Å². The van der Waals surface area contributed by atoms with E-state index in [0.29, 0.717) is 25.2 Å². The minimum atomic E-state index is -3.45. The highest BCUT2D eigenvalue weighted by Gasteiger charge is 2.27. The van der Waals surface area contributed by atoms with Gasteiger partial charge in [0.25, 0.3) is 5.91 Å². The molecule has 2 aromatic carbocycles. The zero-order valence-corrected chi connectivity index (χ0v) is 16.5. The number of nitrogens with one attached hydrogen (secondary N) is 2. The molecule has 1 fully saturated rings. The number of rotatable bonds is 5. The van der Waals surface area contributed by atoms with Gasteiger partial charge in [-0.25, -0.2) is 8.42 Å². The summed E-state index contributed by atoms with van der Waals surface area (Å²) < 4.78 is 26.7. The predicted molar refractivity (Wildman–Crippen MR) is 108 cm³/mol. The Labute approximate surface area is 166 Å². The Kier molecular flexibility index (Phi) is 5.48. The molecule has 0 aromatic heterocycles. The van der Waals surface area contributed by atoms with E-state index in [-0.39, 0.29) is 16.8 Å². The summed E-state index contributed by atoms with van der Waals surface area (Å²) in [4.78, 5) is 12.8. The second kappa shape index (κ2) is 8.03. The molecule has 2 heterocycles. The van der Waals surface area contributed by atoms with Crippen LogP contribution in [0.15, 0.2) is 53.4 Å². The van der Waals surface area contributed by atoms with Crippen LogP contribution in [0.3, 0.4) is 0 Å². The molecule has 0 saturated carbocycles.